The number of aliphatic hydroxyl groups excluding tert-OH is 14. The third kappa shape index (κ3) is 42.5. The van der Waals surface area contributed by atoms with Gasteiger partial charge in [-0.15, -0.1) is 0 Å². The standard InChI is InChI=1S/C86H160O50/c1-12-107-22-18-55(62(93)74(123-47-43-116-30-28-102-7)81(100)133-69-57(50-91)128-84(75(104-9)65(69)96)135-71-58(51-119-39-36-114-25-20-88)129-83(106-11)76(66(71)97)124-46-42-111-16-5)126-86-79(121-26-21-89)78(105-10)72(60(131-86)53-118-38-32-109-14-3)136-85-77(125-48-44-117-33-31-108-13-2)67(98)70(59(130-85)52-120-40-37-115-29-27-101-6)134-82-64(95)63(94)68(56(49-90)127-82)132-80(99)73(122-45-41-110-15-4)61(92)54(103-8)17-23-112-34-35-113-24-19-87/h54-60,63-72,75-100H,12-53H2,1-11H3/b73-61-,74-62-/t54-,55-,56?,57?,58?,59?,60?,63?,64?,65?,66?,67?,68-,69-,70-,71-,72-,75?,76?,77?,78?,79?,80+,81+,82+,83-,84+,85+,86-/m0/s1. The van der Waals surface area contributed by atoms with E-state index in [1.807, 2.05) is 6.92 Å². The third-order valence-electron chi connectivity index (χ3n) is 21.4. The highest BCUT2D eigenvalue weighted by molar-refractivity contribution is 5.12. The maximum atomic E-state index is 13.1. The largest absolute Gasteiger partial charge is 0.506 e. The molecule has 15 unspecified atom stereocenters. The van der Waals surface area contributed by atoms with Crippen LogP contribution in [-0.4, -0.2) is 557 Å². The molecule has 136 heavy (non-hydrogen) atoms. The van der Waals surface area contributed by atoms with Crippen LogP contribution in [0, 0.1) is 0 Å². The average Bonchev–Trinajstić information content (AvgIpc) is 0.756. The lowest BCUT2D eigenvalue weighted by molar-refractivity contribution is -0.389. The number of hydrogen-bond donors (Lipinski definition) is 14. The quantitative estimate of drug-likeness (QED) is 0.0154. The van der Waals surface area contributed by atoms with Gasteiger partial charge in [-0.05, 0) is 34.6 Å². The predicted octanol–water partition coefficient (Wildman–Crippen LogP) is -4.85. The Labute approximate surface area is 795 Å². The van der Waals surface area contributed by atoms with Crippen LogP contribution in [0.25, 0.3) is 0 Å². The molecule has 0 bridgehead atoms. The van der Waals surface area contributed by atoms with Crippen molar-refractivity contribution in [3.63, 3.8) is 0 Å². The molecule has 14 N–H and O–H groups in total. The van der Waals surface area contributed by atoms with Crippen molar-refractivity contribution in [2.24, 2.45) is 0 Å². The SMILES string of the molecule is CCOCCOCCOC1C(O)[C@@H](O[C@H]2OC(CO)[C@H](O[C@@H](O)/C(OCCOCC)=C(/O)[C@H](CCOCCOCCO)OC)C(O)C2O)C(COCCOCCOC)O[C@@H]1O[C@H]1C(COCCOCC)O[C@H](O[C@@H](CCOCC)/C(O)=C(/OCCOCCOC)[C@H](O)O[C@H]2C(CO)O[C@H](O[C@H]3C(COCCOCCO)O[C@H](OC)C(OCCOCC)C3O)C(OC)C2O)C(OCCO)C1OC. The van der Waals surface area contributed by atoms with Crippen LogP contribution in [-0.2, 0) is 171 Å². The number of hydrogen-bond acceptors (Lipinski definition) is 50. The average molecular weight is 1990 g/mol. The molecule has 0 aliphatic carbocycles. The van der Waals surface area contributed by atoms with E-state index in [4.69, 9.17) is 176 Å². The summed E-state index contributed by atoms with van der Waals surface area (Å²) >= 11 is 0. The summed E-state index contributed by atoms with van der Waals surface area (Å²) in [5.41, 5.74) is 0. The Bertz CT molecular complexity index is 2930. The highest BCUT2D eigenvalue weighted by Gasteiger charge is 2.58. The van der Waals surface area contributed by atoms with E-state index in [9.17, 15) is 66.4 Å². The van der Waals surface area contributed by atoms with Crippen LogP contribution in [0.5, 0.6) is 0 Å². The number of aliphatic hydroxyl groups is 14. The van der Waals surface area contributed by atoms with Crippen molar-refractivity contribution >= 4 is 0 Å². The zero-order valence-electron chi connectivity index (χ0n) is 80.4. The zero-order chi connectivity index (χ0) is 99.2. The van der Waals surface area contributed by atoms with Gasteiger partial charge in [0.05, 0.1) is 205 Å². The van der Waals surface area contributed by atoms with Crippen molar-refractivity contribution in [1.82, 2.24) is 0 Å². The first-order chi connectivity index (χ1) is 66.2. The predicted molar refractivity (Wildman–Crippen MR) is 463 cm³/mol. The molecule has 0 amide bonds. The summed E-state index contributed by atoms with van der Waals surface area (Å²) in [5, 5.41) is 162. The van der Waals surface area contributed by atoms with Crippen LogP contribution in [0.4, 0.5) is 0 Å². The Balaban J connectivity index is 1.59. The number of methoxy groups -OCH3 is 6. The van der Waals surface area contributed by atoms with Crippen molar-refractivity contribution in [3.8, 4) is 0 Å². The minimum absolute atomic E-state index is 0.00325. The van der Waals surface area contributed by atoms with Gasteiger partial charge in [0.25, 0.3) is 0 Å². The second kappa shape index (κ2) is 74.7. The van der Waals surface area contributed by atoms with Crippen molar-refractivity contribution in [2.75, 3.05) is 307 Å². The van der Waals surface area contributed by atoms with Crippen LogP contribution < -0.4 is 0 Å². The monoisotopic (exact) mass is 1990 g/mol. The molecule has 0 aromatic rings. The second-order valence-electron chi connectivity index (χ2n) is 30.5. The van der Waals surface area contributed by atoms with Gasteiger partial charge in [-0.1, -0.05) is 0 Å². The lowest BCUT2D eigenvalue weighted by Crippen LogP contribution is -2.68. The summed E-state index contributed by atoms with van der Waals surface area (Å²) in [4.78, 5) is 0. The molecule has 0 aromatic carbocycles. The first-order valence-electron chi connectivity index (χ1n) is 46.3. The highest BCUT2D eigenvalue weighted by atomic mass is 16.8. The highest BCUT2D eigenvalue weighted by Crippen LogP contribution is 2.40. The molecular weight excluding hydrogens is 1830 g/mol. The van der Waals surface area contributed by atoms with Crippen LogP contribution in [0.1, 0.15) is 47.5 Å². The van der Waals surface area contributed by atoms with E-state index in [-0.39, 0.29) is 211 Å². The lowest BCUT2D eigenvalue weighted by Gasteiger charge is -2.50. The normalized spacial score (nSPS) is 30.3. The minimum atomic E-state index is -2.42. The Kier molecular flexibility index (Phi) is 67.7. The van der Waals surface area contributed by atoms with E-state index in [1.165, 1.54) is 42.7 Å². The molecule has 50 heteroatoms. The molecule has 5 aliphatic heterocycles. The van der Waals surface area contributed by atoms with Crippen LogP contribution in [0.2, 0.25) is 0 Å². The van der Waals surface area contributed by atoms with Crippen molar-refractivity contribution in [3.05, 3.63) is 23.0 Å². The van der Waals surface area contributed by atoms with E-state index in [1.54, 1.807) is 27.7 Å². The zero-order valence-corrected chi connectivity index (χ0v) is 80.4. The van der Waals surface area contributed by atoms with Gasteiger partial charge in [0.2, 0.25) is 12.6 Å². The van der Waals surface area contributed by atoms with E-state index in [0.717, 1.165) is 0 Å². The Hall–Kier alpha value is -3.16. The summed E-state index contributed by atoms with van der Waals surface area (Å²) in [6.45, 7) is 6.03. The Morgan fingerprint density at radius 1 is 0.272 bits per heavy atom. The first-order valence-corrected chi connectivity index (χ1v) is 46.3. The molecule has 5 aliphatic rings. The molecule has 804 valence electrons. The molecule has 0 saturated carbocycles. The molecule has 0 aromatic heterocycles. The molecule has 0 radical (unpaired) electrons. The molecule has 5 saturated heterocycles. The molecule has 29 atom stereocenters. The smallest absolute Gasteiger partial charge is 0.218 e. The van der Waals surface area contributed by atoms with Crippen molar-refractivity contribution < 1.29 is 242 Å². The molecule has 50 nitrogen and oxygen atoms in total. The summed E-state index contributed by atoms with van der Waals surface area (Å²) in [6.07, 6.45) is -48.9. The van der Waals surface area contributed by atoms with Gasteiger partial charge in [-0.2, -0.15) is 0 Å². The summed E-state index contributed by atoms with van der Waals surface area (Å²) in [6, 6.07) is 0. The van der Waals surface area contributed by atoms with Gasteiger partial charge in [0.15, 0.2) is 54.5 Å². The number of rotatable bonds is 83. The summed E-state index contributed by atoms with van der Waals surface area (Å²) in [5.74, 6) is -2.87. The lowest BCUT2D eigenvalue weighted by atomic mass is 9.95. The van der Waals surface area contributed by atoms with E-state index in [0.29, 0.717) is 19.8 Å². The fourth-order valence-corrected chi connectivity index (χ4v) is 14.6. The third-order valence-corrected chi connectivity index (χ3v) is 21.4. The van der Waals surface area contributed by atoms with Gasteiger partial charge in [-0.25, -0.2) is 0 Å². The molecular formula is C86H160O50. The molecule has 5 fully saturated rings. The first kappa shape index (κ1) is 123. The van der Waals surface area contributed by atoms with Crippen molar-refractivity contribution in [1.29, 1.82) is 0 Å². The van der Waals surface area contributed by atoms with Crippen LogP contribution in [0.3, 0.4) is 0 Å². The number of ether oxygens (including phenoxy) is 36. The molecule has 0 spiro atoms. The van der Waals surface area contributed by atoms with E-state index < -0.39 is 248 Å². The minimum Gasteiger partial charge on any atom is -0.506 e. The maximum absolute atomic E-state index is 13.1. The van der Waals surface area contributed by atoms with Crippen LogP contribution in [0.15, 0.2) is 23.0 Å². The van der Waals surface area contributed by atoms with E-state index in [2.05, 4.69) is 0 Å². The Morgan fingerprint density at radius 2 is 0.610 bits per heavy atom. The van der Waals surface area contributed by atoms with Gasteiger partial charge in [0.1, 0.15) is 148 Å². The maximum Gasteiger partial charge on any atom is 0.218 e. The van der Waals surface area contributed by atoms with E-state index >= 15 is 0 Å². The topological polar surface area (TPSA) is 616 Å². The van der Waals surface area contributed by atoms with Crippen LogP contribution >= 0.6 is 0 Å². The van der Waals surface area contributed by atoms with Gasteiger partial charge < -0.3 is 242 Å². The Morgan fingerprint density at radius 3 is 1.08 bits per heavy atom. The second-order valence-corrected chi connectivity index (χ2v) is 30.5. The summed E-state index contributed by atoms with van der Waals surface area (Å²) < 4.78 is 216. The van der Waals surface area contributed by atoms with Crippen molar-refractivity contribution in [2.45, 2.75) is 226 Å². The fourth-order valence-electron chi connectivity index (χ4n) is 14.6. The molecule has 5 heterocycles. The fraction of sp³-hybridized carbons (Fsp3) is 0.953. The van der Waals surface area contributed by atoms with Gasteiger partial charge in [0, 0.05) is 102 Å². The van der Waals surface area contributed by atoms with Gasteiger partial charge in [-0.3, -0.25) is 0 Å². The van der Waals surface area contributed by atoms with Gasteiger partial charge >= 0.3 is 0 Å². The molecule has 5 rings (SSSR count). The summed E-state index contributed by atoms with van der Waals surface area (Å²) in [7, 11) is 8.07.